The van der Waals surface area contributed by atoms with Crippen molar-refractivity contribution in [1.82, 2.24) is 0 Å². The second-order valence-electron chi connectivity index (χ2n) is 13.3. The molecular formula is C30H48O5. The number of ketones is 1. The highest BCUT2D eigenvalue weighted by Gasteiger charge is 2.67. The molecule has 11 unspecified atom stereocenters. The largest absolute Gasteiger partial charge is 0.466 e. The first-order valence-corrected chi connectivity index (χ1v) is 14.1. The molecule has 11 atom stereocenters. The van der Waals surface area contributed by atoms with E-state index in [0.717, 1.165) is 19.3 Å². The van der Waals surface area contributed by atoms with Gasteiger partial charge in [-0.05, 0) is 85.4 Å². The van der Waals surface area contributed by atoms with Crippen LogP contribution in [0.5, 0.6) is 0 Å². The minimum Gasteiger partial charge on any atom is -0.466 e. The maximum absolute atomic E-state index is 13.4. The van der Waals surface area contributed by atoms with Crippen LogP contribution >= 0.6 is 0 Å². The van der Waals surface area contributed by atoms with Crippen LogP contribution in [0.15, 0.2) is 12.2 Å². The molecule has 5 nitrogen and oxygen atoms in total. The maximum Gasteiger partial charge on any atom is 0.302 e. The van der Waals surface area contributed by atoms with Crippen molar-refractivity contribution in [2.75, 3.05) is 6.61 Å². The van der Waals surface area contributed by atoms with Gasteiger partial charge in [0.15, 0.2) is 5.78 Å². The fourth-order valence-corrected chi connectivity index (χ4v) is 9.00. The van der Waals surface area contributed by atoms with E-state index in [9.17, 15) is 19.8 Å². The van der Waals surface area contributed by atoms with E-state index in [1.807, 2.05) is 0 Å². The lowest BCUT2D eigenvalue weighted by Gasteiger charge is -2.63. The first-order valence-electron chi connectivity index (χ1n) is 14.1. The number of Topliss-reactive ketones (excluding diaryl/α,β-unsaturated/α-hetero) is 1. The molecule has 35 heavy (non-hydrogen) atoms. The number of allylic oxidation sites excluding steroid dienone is 2. The zero-order chi connectivity index (χ0) is 25.8. The van der Waals surface area contributed by atoms with Gasteiger partial charge < -0.3 is 14.9 Å². The number of ether oxygens (including phenoxy) is 1. The van der Waals surface area contributed by atoms with E-state index in [2.05, 4.69) is 46.8 Å². The lowest BCUT2D eigenvalue weighted by molar-refractivity contribution is -0.213. The number of hydrogen-bond acceptors (Lipinski definition) is 5. The molecule has 0 spiro atoms. The molecule has 0 bridgehead atoms. The van der Waals surface area contributed by atoms with Gasteiger partial charge in [0, 0.05) is 25.2 Å². The van der Waals surface area contributed by atoms with E-state index in [-0.39, 0.29) is 29.5 Å². The molecular weight excluding hydrogens is 440 g/mol. The van der Waals surface area contributed by atoms with Gasteiger partial charge in [0.25, 0.3) is 0 Å². The fourth-order valence-electron chi connectivity index (χ4n) is 9.00. The number of fused-ring (bicyclic) bond motifs is 5. The van der Waals surface area contributed by atoms with Crippen LogP contribution < -0.4 is 0 Å². The van der Waals surface area contributed by atoms with Gasteiger partial charge in [-0.2, -0.15) is 0 Å². The minimum absolute atomic E-state index is 0.0174. The van der Waals surface area contributed by atoms with Crippen molar-refractivity contribution in [3.63, 3.8) is 0 Å². The molecule has 4 saturated carbocycles. The van der Waals surface area contributed by atoms with Gasteiger partial charge in [-0.15, -0.1) is 0 Å². The predicted molar refractivity (Wildman–Crippen MR) is 136 cm³/mol. The second-order valence-corrected chi connectivity index (χ2v) is 13.3. The Hall–Kier alpha value is -1.20. The van der Waals surface area contributed by atoms with E-state index >= 15 is 0 Å². The Bertz CT molecular complexity index is 852. The number of aliphatic hydroxyl groups excluding tert-OH is 1. The average molecular weight is 489 g/mol. The van der Waals surface area contributed by atoms with Gasteiger partial charge in [0.05, 0.1) is 12.7 Å². The summed E-state index contributed by atoms with van der Waals surface area (Å²) in [6, 6.07) is 0. The monoisotopic (exact) mass is 488 g/mol. The van der Waals surface area contributed by atoms with Crippen molar-refractivity contribution in [3.8, 4) is 0 Å². The molecule has 0 heterocycles. The molecule has 0 aromatic heterocycles. The zero-order valence-electron chi connectivity index (χ0n) is 22.8. The maximum atomic E-state index is 13.4. The third-order valence-corrected chi connectivity index (χ3v) is 11.5. The van der Waals surface area contributed by atoms with Crippen LogP contribution in [-0.2, 0) is 14.3 Å². The topological polar surface area (TPSA) is 83.8 Å². The average Bonchev–Trinajstić information content (AvgIpc) is 3.15. The Morgan fingerprint density at radius 1 is 1.09 bits per heavy atom. The van der Waals surface area contributed by atoms with E-state index in [4.69, 9.17) is 4.74 Å². The first-order chi connectivity index (χ1) is 16.3. The number of rotatable bonds is 6. The molecule has 4 rings (SSSR count). The summed E-state index contributed by atoms with van der Waals surface area (Å²) in [5.41, 5.74) is -1.55. The van der Waals surface area contributed by atoms with E-state index in [0.29, 0.717) is 55.0 Å². The van der Waals surface area contributed by atoms with Gasteiger partial charge in [-0.3, -0.25) is 9.59 Å². The van der Waals surface area contributed by atoms with Crippen molar-refractivity contribution < 1.29 is 24.5 Å². The summed E-state index contributed by atoms with van der Waals surface area (Å²) >= 11 is 0. The summed E-state index contributed by atoms with van der Waals surface area (Å²) in [5, 5.41) is 21.8. The summed E-state index contributed by atoms with van der Waals surface area (Å²) in [6.07, 6.45) is 10.8. The van der Waals surface area contributed by atoms with E-state index < -0.39 is 17.1 Å². The highest BCUT2D eigenvalue weighted by Crippen LogP contribution is 2.68. The van der Waals surface area contributed by atoms with E-state index in [1.165, 1.54) is 19.8 Å². The van der Waals surface area contributed by atoms with Crippen molar-refractivity contribution in [3.05, 3.63) is 12.2 Å². The molecule has 2 N–H and O–H groups in total. The van der Waals surface area contributed by atoms with Crippen molar-refractivity contribution in [2.24, 2.45) is 52.3 Å². The Kier molecular flexibility index (Phi) is 7.36. The number of hydrogen-bond donors (Lipinski definition) is 2. The summed E-state index contributed by atoms with van der Waals surface area (Å²) < 4.78 is 5.20. The van der Waals surface area contributed by atoms with Gasteiger partial charge in [-0.1, -0.05) is 46.8 Å². The van der Waals surface area contributed by atoms with Crippen LogP contribution in [0.1, 0.15) is 92.9 Å². The second kappa shape index (κ2) is 9.59. The highest BCUT2D eigenvalue weighted by atomic mass is 16.5. The molecule has 4 fully saturated rings. The Balaban J connectivity index is 1.48. The van der Waals surface area contributed by atoms with E-state index in [1.54, 1.807) is 0 Å². The lowest BCUT2D eigenvalue weighted by Crippen LogP contribution is -2.67. The van der Waals surface area contributed by atoms with Crippen LogP contribution in [-0.4, -0.2) is 40.3 Å². The SMILES string of the molecule is CC(=O)OCC(C)C(C)C=CC(C)C1CCC2C3CC(=O)C4(O)CC(O)CCC4(C)C3CCC12C. The molecule has 198 valence electrons. The van der Waals surface area contributed by atoms with Crippen LogP contribution in [0.25, 0.3) is 0 Å². The van der Waals surface area contributed by atoms with Crippen molar-refractivity contribution in [1.29, 1.82) is 0 Å². The number of carbonyl (C=O) groups excluding carboxylic acids is 2. The standard InChI is InChI=1S/C30H48O5/c1-18(20(3)17-35-21(4)31)7-8-19(2)24-9-10-25-23-15-27(33)30(34)16-22(32)11-14-29(30,6)26(23)12-13-28(24,25)5/h7-8,18-20,22-26,32,34H,9-17H2,1-6H3. The molecule has 4 aliphatic rings. The zero-order valence-corrected chi connectivity index (χ0v) is 22.8. The number of carbonyl (C=O) groups is 2. The molecule has 0 radical (unpaired) electrons. The predicted octanol–water partition coefficient (Wildman–Crippen LogP) is 5.33. The molecule has 0 aromatic rings. The highest BCUT2D eigenvalue weighted by molar-refractivity contribution is 5.89. The molecule has 0 aromatic carbocycles. The van der Waals surface area contributed by atoms with Crippen LogP contribution in [0.3, 0.4) is 0 Å². The number of esters is 1. The molecule has 0 amide bonds. The lowest BCUT2D eigenvalue weighted by atomic mass is 9.42. The Labute approximate surface area is 212 Å². The quantitative estimate of drug-likeness (QED) is 0.390. The van der Waals surface area contributed by atoms with Crippen molar-refractivity contribution in [2.45, 2.75) is 105 Å². The van der Waals surface area contributed by atoms with Crippen LogP contribution in [0, 0.1) is 52.3 Å². The summed E-state index contributed by atoms with van der Waals surface area (Å²) in [6.45, 7) is 13.2. The Morgan fingerprint density at radius 2 is 1.80 bits per heavy atom. The summed E-state index contributed by atoms with van der Waals surface area (Å²) in [7, 11) is 0. The van der Waals surface area contributed by atoms with Crippen LogP contribution in [0.4, 0.5) is 0 Å². The molecule has 0 aliphatic heterocycles. The van der Waals surface area contributed by atoms with Crippen molar-refractivity contribution >= 4 is 11.8 Å². The smallest absolute Gasteiger partial charge is 0.302 e. The van der Waals surface area contributed by atoms with Crippen LogP contribution in [0.2, 0.25) is 0 Å². The molecule has 5 heteroatoms. The fraction of sp³-hybridized carbons (Fsp3) is 0.867. The Morgan fingerprint density at radius 3 is 2.49 bits per heavy atom. The third kappa shape index (κ3) is 4.43. The third-order valence-electron chi connectivity index (χ3n) is 11.5. The van der Waals surface area contributed by atoms with Gasteiger partial charge in [-0.25, -0.2) is 0 Å². The van der Waals surface area contributed by atoms with Gasteiger partial charge in [0.1, 0.15) is 5.60 Å². The minimum atomic E-state index is -1.35. The number of aliphatic hydroxyl groups is 2. The normalized spacial score (nSPS) is 45.8. The summed E-state index contributed by atoms with van der Waals surface area (Å²) in [5.74, 6) is 2.68. The first kappa shape index (κ1) is 26.9. The molecule has 0 saturated heterocycles. The van der Waals surface area contributed by atoms with Gasteiger partial charge in [0.2, 0.25) is 0 Å². The molecule has 4 aliphatic carbocycles. The van der Waals surface area contributed by atoms with Gasteiger partial charge >= 0.3 is 5.97 Å². The summed E-state index contributed by atoms with van der Waals surface area (Å²) in [4.78, 5) is 24.5.